The number of nitrogens with zero attached hydrogens (tertiary/aromatic N) is 2. The topological polar surface area (TPSA) is 73.9 Å². The smallest absolute Gasteiger partial charge is 0.147 e. The highest BCUT2D eigenvalue weighted by Crippen LogP contribution is 2.43. The van der Waals surface area contributed by atoms with Crippen molar-refractivity contribution in [3.05, 3.63) is 95.4 Å². The summed E-state index contributed by atoms with van der Waals surface area (Å²) in [6.45, 7) is 8.28. The van der Waals surface area contributed by atoms with Crippen LogP contribution in [0.4, 0.5) is 0 Å². The fourth-order valence-electron chi connectivity index (χ4n) is 5.47. The molecular formula is C32H16N2O2. The molecule has 0 radical (unpaired) electrons. The van der Waals surface area contributed by atoms with Gasteiger partial charge < -0.3 is 8.83 Å². The van der Waals surface area contributed by atoms with E-state index in [4.69, 9.17) is 8.83 Å². The van der Waals surface area contributed by atoms with Crippen molar-refractivity contribution < 1.29 is 8.83 Å². The average Bonchev–Trinajstić information content (AvgIpc) is 3.45. The molecule has 0 aliphatic rings. The van der Waals surface area contributed by atoms with Gasteiger partial charge in [-0.25, -0.2) is 0 Å². The second-order valence-corrected chi connectivity index (χ2v) is 8.90. The lowest BCUT2D eigenvalue weighted by atomic mass is 9.92. The SMILES string of the molecule is C=Cc1c2ccccc2c2cc3oc4cc(-c5cc(C#N)cc(C#N)c5)ccc4c3c3oc(=C)c1c23. The van der Waals surface area contributed by atoms with Crippen LogP contribution < -0.4 is 5.42 Å². The Morgan fingerprint density at radius 1 is 0.667 bits per heavy atom. The maximum atomic E-state index is 9.38. The highest BCUT2D eigenvalue weighted by molar-refractivity contribution is 6.32. The molecule has 0 fully saturated rings. The summed E-state index contributed by atoms with van der Waals surface area (Å²) in [6.07, 6.45) is 1.87. The van der Waals surface area contributed by atoms with Gasteiger partial charge in [-0.05, 0) is 69.2 Å². The molecule has 0 amide bonds. The number of fused-ring (bicyclic) bond motifs is 6. The van der Waals surface area contributed by atoms with Crippen LogP contribution in [0.1, 0.15) is 16.7 Å². The standard InChI is InChI=1S/C32H16N2O2/c1-3-22-23-6-4-5-7-24(23)26-14-28-30(32-31(26)29(22)17(2)35-32)25-9-8-20(13-27(25)36-28)21-11-18(15-33)10-19(12-21)16-34/h3-14H,1-2H2. The molecule has 0 N–H and O–H groups in total. The van der Waals surface area contributed by atoms with E-state index in [0.29, 0.717) is 22.1 Å². The van der Waals surface area contributed by atoms with E-state index < -0.39 is 0 Å². The second kappa shape index (κ2) is 7.09. The zero-order valence-electron chi connectivity index (χ0n) is 19.1. The van der Waals surface area contributed by atoms with Crippen LogP contribution in [-0.4, -0.2) is 0 Å². The first-order valence-corrected chi connectivity index (χ1v) is 11.4. The predicted molar refractivity (Wildman–Crippen MR) is 144 cm³/mol. The molecule has 4 heteroatoms. The highest BCUT2D eigenvalue weighted by Gasteiger charge is 2.22. The van der Waals surface area contributed by atoms with Gasteiger partial charge in [0.25, 0.3) is 0 Å². The van der Waals surface area contributed by atoms with Crippen molar-refractivity contribution in [1.29, 1.82) is 10.5 Å². The molecule has 0 unspecified atom stereocenters. The van der Waals surface area contributed by atoms with E-state index in [1.807, 2.05) is 36.4 Å². The number of hydrogen-bond acceptors (Lipinski definition) is 4. The van der Waals surface area contributed by atoms with Crippen LogP contribution in [0.3, 0.4) is 0 Å². The van der Waals surface area contributed by atoms with Crippen molar-refractivity contribution in [3.63, 3.8) is 0 Å². The summed E-state index contributed by atoms with van der Waals surface area (Å²) in [5, 5.41) is 25.8. The average molecular weight is 460 g/mol. The first kappa shape index (κ1) is 20.1. The van der Waals surface area contributed by atoms with Gasteiger partial charge in [0.05, 0.1) is 28.7 Å². The van der Waals surface area contributed by atoms with Crippen LogP contribution in [0.15, 0.2) is 82.1 Å². The summed E-state index contributed by atoms with van der Waals surface area (Å²) in [5.74, 6) is 0. The molecule has 166 valence electrons. The normalized spacial score (nSPS) is 11.5. The Morgan fingerprint density at radius 3 is 2.14 bits per heavy atom. The quantitative estimate of drug-likeness (QED) is 0.247. The summed E-state index contributed by atoms with van der Waals surface area (Å²) in [4.78, 5) is 0. The molecule has 2 heterocycles. The third-order valence-corrected chi connectivity index (χ3v) is 6.98. The van der Waals surface area contributed by atoms with E-state index in [1.165, 1.54) is 0 Å². The number of furan rings is 2. The zero-order chi connectivity index (χ0) is 24.6. The van der Waals surface area contributed by atoms with Crippen molar-refractivity contribution in [2.45, 2.75) is 0 Å². The van der Waals surface area contributed by atoms with E-state index in [2.05, 4.69) is 43.5 Å². The molecule has 7 aromatic rings. The molecule has 36 heavy (non-hydrogen) atoms. The van der Waals surface area contributed by atoms with Gasteiger partial charge in [-0.3, -0.25) is 0 Å². The lowest BCUT2D eigenvalue weighted by Gasteiger charge is -2.08. The van der Waals surface area contributed by atoms with Crippen LogP contribution in [0.5, 0.6) is 0 Å². The highest BCUT2D eigenvalue weighted by atomic mass is 16.3. The van der Waals surface area contributed by atoms with Gasteiger partial charge in [0.2, 0.25) is 0 Å². The monoisotopic (exact) mass is 460 g/mol. The molecule has 0 spiro atoms. The second-order valence-electron chi connectivity index (χ2n) is 8.90. The van der Waals surface area contributed by atoms with Crippen LogP contribution in [-0.2, 0) is 0 Å². The molecule has 0 aliphatic carbocycles. The Kier molecular flexibility index (Phi) is 3.96. The van der Waals surface area contributed by atoms with E-state index in [-0.39, 0.29) is 0 Å². The molecule has 4 nitrogen and oxygen atoms in total. The van der Waals surface area contributed by atoms with Crippen molar-refractivity contribution in [2.24, 2.45) is 0 Å². The molecule has 0 saturated carbocycles. The molecule has 0 saturated heterocycles. The van der Waals surface area contributed by atoms with Crippen molar-refractivity contribution >= 4 is 67.1 Å². The largest absolute Gasteiger partial charge is 0.456 e. The van der Waals surface area contributed by atoms with E-state index in [0.717, 1.165) is 65.6 Å². The minimum atomic E-state index is 0.442. The molecule has 7 rings (SSSR count). The summed E-state index contributed by atoms with van der Waals surface area (Å²) < 4.78 is 12.7. The van der Waals surface area contributed by atoms with E-state index in [1.54, 1.807) is 18.2 Å². The Morgan fingerprint density at radius 2 is 1.42 bits per heavy atom. The lowest BCUT2D eigenvalue weighted by Crippen LogP contribution is -1.94. The number of hydrogen-bond donors (Lipinski definition) is 0. The van der Waals surface area contributed by atoms with Gasteiger partial charge >= 0.3 is 0 Å². The van der Waals surface area contributed by atoms with E-state index in [9.17, 15) is 10.5 Å². The van der Waals surface area contributed by atoms with Crippen molar-refractivity contribution in [1.82, 2.24) is 0 Å². The van der Waals surface area contributed by atoms with Crippen LogP contribution in [0.25, 0.3) is 78.2 Å². The Bertz CT molecular complexity index is 2180. The van der Waals surface area contributed by atoms with Gasteiger partial charge in [-0.1, -0.05) is 49.6 Å². The molecule has 0 aliphatic heterocycles. The van der Waals surface area contributed by atoms with Crippen LogP contribution in [0.2, 0.25) is 0 Å². The minimum absolute atomic E-state index is 0.442. The Labute approximate surface area is 205 Å². The molecular weight excluding hydrogens is 444 g/mol. The fourth-order valence-corrected chi connectivity index (χ4v) is 5.47. The maximum Gasteiger partial charge on any atom is 0.147 e. The van der Waals surface area contributed by atoms with Crippen molar-refractivity contribution in [2.75, 3.05) is 0 Å². The predicted octanol–water partition coefficient (Wildman–Crippen LogP) is 7.82. The molecule has 5 aromatic carbocycles. The lowest BCUT2D eigenvalue weighted by molar-refractivity contribution is 0.588. The summed E-state index contributed by atoms with van der Waals surface area (Å²) in [7, 11) is 0. The van der Waals surface area contributed by atoms with Gasteiger partial charge in [0.15, 0.2) is 0 Å². The minimum Gasteiger partial charge on any atom is -0.456 e. The summed E-state index contributed by atoms with van der Waals surface area (Å²) in [5.41, 5.74) is 6.33. The number of benzene rings is 5. The van der Waals surface area contributed by atoms with Gasteiger partial charge in [0.1, 0.15) is 22.2 Å². The first-order chi connectivity index (χ1) is 17.6. The van der Waals surface area contributed by atoms with Gasteiger partial charge in [0, 0.05) is 16.2 Å². The van der Waals surface area contributed by atoms with Crippen LogP contribution >= 0.6 is 0 Å². The van der Waals surface area contributed by atoms with E-state index >= 15 is 0 Å². The fraction of sp³-hybridized carbons (Fsp3) is 0. The summed E-state index contributed by atoms with van der Waals surface area (Å²) in [6, 6.07) is 25.7. The molecule has 0 bridgehead atoms. The third kappa shape index (κ3) is 2.56. The number of nitriles is 2. The zero-order valence-corrected chi connectivity index (χ0v) is 19.1. The number of rotatable bonds is 2. The Hall–Kier alpha value is -5.32. The van der Waals surface area contributed by atoms with Crippen LogP contribution in [0, 0.1) is 22.7 Å². The van der Waals surface area contributed by atoms with Crippen molar-refractivity contribution in [3.8, 4) is 23.3 Å². The molecule has 0 atom stereocenters. The third-order valence-electron chi connectivity index (χ3n) is 6.98. The van der Waals surface area contributed by atoms with Gasteiger partial charge in [-0.2, -0.15) is 10.5 Å². The Balaban J connectivity index is 1.60. The molecule has 2 aromatic heterocycles. The summed E-state index contributed by atoms with van der Waals surface area (Å²) >= 11 is 0. The first-order valence-electron chi connectivity index (χ1n) is 11.4. The maximum absolute atomic E-state index is 9.38. The van der Waals surface area contributed by atoms with Gasteiger partial charge in [-0.15, -0.1) is 0 Å².